The lowest BCUT2D eigenvalue weighted by atomic mass is 10.1. The summed E-state index contributed by atoms with van der Waals surface area (Å²) in [6, 6.07) is 19.8. The normalized spacial score (nSPS) is 16.4. The van der Waals surface area contributed by atoms with E-state index in [4.69, 9.17) is 4.74 Å². The lowest BCUT2D eigenvalue weighted by Gasteiger charge is -2.28. The quantitative estimate of drug-likeness (QED) is 0.653. The number of hydrogen-bond acceptors (Lipinski definition) is 4. The van der Waals surface area contributed by atoms with Crippen molar-refractivity contribution in [2.45, 2.75) is 32.2 Å². The molecule has 28 heavy (non-hydrogen) atoms. The molecule has 5 heteroatoms. The summed E-state index contributed by atoms with van der Waals surface area (Å²) >= 11 is 0. The molecular formula is C23H25N3O2. The van der Waals surface area contributed by atoms with Crippen molar-refractivity contribution in [2.75, 3.05) is 11.4 Å². The maximum atomic E-state index is 12.4. The number of aromatic nitrogens is 2. The number of hydrogen-bond donors (Lipinski definition) is 0. The molecule has 2 aromatic carbocycles. The van der Waals surface area contributed by atoms with E-state index in [1.807, 2.05) is 54.6 Å². The van der Waals surface area contributed by atoms with E-state index in [0.717, 1.165) is 54.3 Å². The van der Waals surface area contributed by atoms with E-state index >= 15 is 0 Å². The van der Waals surface area contributed by atoms with Crippen LogP contribution in [-0.2, 0) is 7.05 Å². The monoisotopic (exact) mass is 375 g/mol. The van der Waals surface area contributed by atoms with Gasteiger partial charge < -0.3 is 9.64 Å². The Morgan fingerprint density at radius 1 is 1.11 bits per heavy atom. The summed E-state index contributed by atoms with van der Waals surface area (Å²) in [5.74, 6) is 1.50. The zero-order chi connectivity index (χ0) is 19.5. The van der Waals surface area contributed by atoms with Crippen molar-refractivity contribution >= 4 is 5.69 Å². The van der Waals surface area contributed by atoms with Crippen molar-refractivity contribution in [1.29, 1.82) is 0 Å². The first-order valence-corrected chi connectivity index (χ1v) is 9.84. The number of anilines is 1. The summed E-state index contributed by atoms with van der Waals surface area (Å²) in [6.07, 6.45) is 3.33. The Kier molecular flexibility index (Phi) is 5.15. The highest BCUT2D eigenvalue weighted by Crippen LogP contribution is 2.39. The average molecular weight is 375 g/mol. The van der Waals surface area contributed by atoms with Gasteiger partial charge >= 0.3 is 0 Å². The molecule has 144 valence electrons. The van der Waals surface area contributed by atoms with Gasteiger partial charge in [-0.1, -0.05) is 37.3 Å². The maximum Gasteiger partial charge on any atom is 0.268 e. The first kappa shape index (κ1) is 18.3. The van der Waals surface area contributed by atoms with Crippen LogP contribution in [-0.4, -0.2) is 22.4 Å². The second-order valence-corrected chi connectivity index (χ2v) is 7.15. The third-order valence-electron chi connectivity index (χ3n) is 5.34. The molecule has 0 N–H and O–H groups in total. The van der Waals surface area contributed by atoms with Crippen LogP contribution in [0.15, 0.2) is 65.5 Å². The molecule has 0 saturated carbocycles. The molecule has 1 aliphatic rings. The molecule has 1 saturated heterocycles. The second-order valence-electron chi connectivity index (χ2n) is 7.15. The highest BCUT2D eigenvalue weighted by Gasteiger charge is 2.27. The number of aryl methyl sites for hydroxylation is 1. The van der Waals surface area contributed by atoms with Gasteiger partial charge in [0.15, 0.2) is 0 Å². The molecular weight excluding hydrogens is 350 g/mol. The second kappa shape index (κ2) is 7.89. The Morgan fingerprint density at radius 2 is 1.86 bits per heavy atom. The van der Waals surface area contributed by atoms with E-state index in [1.54, 1.807) is 13.1 Å². The fourth-order valence-corrected chi connectivity index (χ4v) is 3.88. The van der Waals surface area contributed by atoms with Crippen molar-refractivity contribution < 1.29 is 4.74 Å². The zero-order valence-electron chi connectivity index (χ0n) is 16.3. The van der Waals surface area contributed by atoms with E-state index in [2.05, 4.69) is 16.9 Å². The van der Waals surface area contributed by atoms with Gasteiger partial charge in [-0.15, -0.1) is 0 Å². The van der Waals surface area contributed by atoms with Crippen molar-refractivity contribution in [1.82, 2.24) is 9.78 Å². The summed E-state index contributed by atoms with van der Waals surface area (Å²) in [7, 11) is 1.69. The largest absolute Gasteiger partial charge is 0.457 e. The predicted octanol–water partition coefficient (Wildman–Crippen LogP) is 4.62. The average Bonchev–Trinajstić information content (AvgIpc) is 3.20. The van der Waals surface area contributed by atoms with E-state index < -0.39 is 0 Å². The summed E-state index contributed by atoms with van der Waals surface area (Å²) in [6.45, 7) is 3.14. The number of para-hydroxylation sites is 2. The van der Waals surface area contributed by atoms with Crippen molar-refractivity contribution in [2.24, 2.45) is 7.05 Å². The minimum atomic E-state index is -0.0954. The Hall–Kier alpha value is -3.08. The van der Waals surface area contributed by atoms with Crippen molar-refractivity contribution in [3.63, 3.8) is 0 Å². The smallest absolute Gasteiger partial charge is 0.268 e. The highest BCUT2D eigenvalue weighted by atomic mass is 16.5. The molecule has 0 radical (unpaired) electrons. The molecule has 3 aromatic rings. The summed E-state index contributed by atoms with van der Waals surface area (Å²) in [5.41, 5.74) is 2.48. The number of ether oxygens (including phenoxy) is 1. The molecule has 1 unspecified atom stereocenters. The molecule has 0 spiro atoms. The Labute approximate surface area is 165 Å². The summed E-state index contributed by atoms with van der Waals surface area (Å²) in [5, 5.41) is 4.64. The summed E-state index contributed by atoms with van der Waals surface area (Å²) < 4.78 is 7.56. The van der Waals surface area contributed by atoms with Crippen LogP contribution in [0.5, 0.6) is 11.5 Å². The standard InChI is InChI=1S/C23H25N3O2/c1-3-17-10-9-15-26(17)20-16-22(27)25(2)24-23(20)19-13-7-8-14-21(19)28-18-11-5-4-6-12-18/h4-8,11-14,16-17H,3,9-10,15H2,1-2H3. The molecule has 1 aromatic heterocycles. The molecule has 2 heterocycles. The number of nitrogens with zero attached hydrogens (tertiary/aromatic N) is 3. The van der Waals surface area contributed by atoms with E-state index in [-0.39, 0.29) is 5.56 Å². The fraction of sp³-hybridized carbons (Fsp3) is 0.304. The van der Waals surface area contributed by atoms with Crippen LogP contribution in [0.1, 0.15) is 26.2 Å². The SMILES string of the molecule is CCC1CCCN1c1cc(=O)n(C)nc1-c1ccccc1Oc1ccccc1. The van der Waals surface area contributed by atoms with Gasteiger partial charge in [-0.05, 0) is 43.5 Å². The van der Waals surface area contributed by atoms with Gasteiger partial charge in [0.25, 0.3) is 5.56 Å². The maximum absolute atomic E-state index is 12.4. The van der Waals surface area contributed by atoms with Crippen LogP contribution in [0.4, 0.5) is 5.69 Å². The van der Waals surface area contributed by atoms with Gasteiger partial charge in [-0.2, -0.15) is 5.10 Å². The third-order valence-corrected chi connectivity index (χ3v) is 5.34. The van der Waals surface area contributed by atoms with Crippen LogP contribution in [0.3, 0.4) is 0 Å². The van der Waals surface area contributed by atoms with Crippen LogP contribution in [0.25, 0.3) is 11.3 Å². The first-order chi connectivity index (χ1) is 13.7. The van der Waals surface area contributed by atoms with Gasteiger partial charge in [0.2, 0.25) is 0 Å². The van der Waals surface area contributed by atoms with Gasteiger partial charge in [-0.25, -0.2) is 4.68 Å². The fourth-order valence-electron chi connectivity index (χ4n) is 3.88. The lowest BCUT2D eigenvalue weighted by molar-refractivity contribution is 0.484. The molecule has 5 nitrogen and oxygen atoms in total. The molecule has 0 bridgehead atoms. The van der Waals surface area contributed by atoms with Crippen LogP contribution in [0, 0.1) is 0 Å². The molecule has 1 fully saturated rings. The van der Waals surface area contributed by atoms with Gasteiger partial charge in [0.05, 0.1) is 5.69 Å². The molecule has 0 aliphatic carbocycles. The van der Waals surface area contributed by atoms with Crippen LogP contribution >= 0.6 is 0 Å². The van der Waals surface area contributed by atoms with E-state index in [0.29, 0.717) is 6.04 Å². The first-order valence-electron chi connectivity index (χ1n) is 9.84. The van der Waals surface area contributed by atoms with E-state index in [9.17, 15) is 4.79 Å². The molecule has 0 amide bonds. The highest BCUT2D eigenvalue weighted by molar-refractivity contribution is 5.79. The van der Waals surface area contributed by atoms with Gasteiger partial charge in [-0.3, -0.25) is 4.79 Å². The van der Waals surface area contributed by atoms with Crippen LogP contribution in [0.2, 0.25) is 0 Å². The lowest BCUT2D eigenvalue weighted by Crippen LogP contribution is -2.32. The van der Waals surface area contributed by atoms with Crippen molar-refractivity contribution in [3.8, 4) is 22.8 Å². The number of benzene rings is 2. The molecule has 1 atom stereocenters. The third kappa shape index (κ3) is 3.52. The Balaban J connectivity index is 1.83. The Morgan fingerprint density at radius 3 is 2.64 bits per heavy atom. The minimum Gasteiger partial charge on any atom is -0.457 e. The predicted molar refractivity (Wildman–Crippen MR) is 112 cm³/mol. The topological polar surface area (TPSA) is 47.4 Å². The Bertz CT molecular complexity index is 1010. The van der Waals surface area contributed by atoms with E-state index in [1.165, 1.54) is 4.68 Å². The van der Waals surface area contributed by atoms with Gasteiger partial charge in [0.1, 0.15) is 17.2 Å². The molecule has 4 rings (SSSR count). The van der Waals surface area contributed by atoms with Gasteiger partial charge in [0, 0.05) is 31.3 Å². The van der Waals surface area contributed by atoms with Crippen molar-refractivity contribution in [3.05, 3.63) is 71.0 Å². The summed E-state index contributed by atoms with van der Waals surface area (Å²) in [4.78, 5) is 14.7. The molecule has 1 aliphatic heterocycles. The van der Waals surface area contributed by atoms with Crippen LogP contribution < -0.4 is 15.2 Å². The zero-order valence-corrected chi connectivity index (χ0v) is 16.3. The number of rotatable bonds is 5. The minimum absolute atomic E-state index is 0.0954.